The third-order valence-electron chi connectivity index (χ3n) is 4.89. The summed E-state index contributed by atoms with van der Waals surface area (Å²) >= 11 is 12.6. The summed E-state index contributed by atoms with van der Waals surface area (Å²) in [5.74, 6) is -0.247. The van der Waals surface area contributed by atoms with E-state index >= 15 is 0 Å². The normalized spacial score (nSPS) is 11.1. The first kappa shape index (κ1) is 23.3. The molecule has 0 aliphatic heterocycles. The van der Waals surface area contributed by atoms with Crippen LogP contribution in [0.25, 0.3) is 10.9 Å². The molecule has 0 fully saturated rings. The van der Waals surface area contributed by atoms with E-state index in [9.17, 15) is 14.4 Å². The second kappa shape index (κ2) is 9.94. The number of H-pyrrole nitrogens is 1. The van der Waals surface area contributed by atoms with Gasteiger partial charge in [0.2, 0.25) is 0 Å². The highest BCUT2D eigenvalue weighted by Crippen LogP contribution is 2.34. The minimum absolute atomic E-state index is 0.126. The first-order valence-corrected chi connectivity index (χ1v) is 10.8. The third kappa shape index (κ3) is 5.03. The summed E-state index contributed by atoms with van der Waals surface area (Å²) in [6, 6.07) is 17.0. The number of carbonyl (C=O) groups excluding carboxylic acids is 1. The van der Waals surface area contributed by atoms with E-state index in [4.69, 9.17) is 27.9 Å². The van der Waals surface area contributed by atoms with Crippen molar-refractivity contribution >= 4 is 51.9 Å². The lowest BCUT2D eigenvalue weighted by molar-refractivity contribution is -0.118. The van der Waals surface area contributed by atoms with Gasteiger partial charge in [-0.25, -0.2) is 4.79 Å². The number of aryl methyl sites for hydroxylation is 1. The third-order valence-corrected chi connectivity index (χ3v) is 5.45. The molecule has 8 nitrogen and oxygen atoms in total. The van der Waals surface area contributed by atoms with Crippen molar-refractivity contribution < 1.29 is 9.53 Å². The predicted molar refractivity (Wildman–Crippen MR) is 134 cm³/mol. The van der Waals surface area contributed by atoms with Gasteiger partial charge in [-0.05, 0) is 48.4 Å². The minimum atomic E-state index is -0.684. The lowest BCUT2D eigenvalue weighted by atomic mass is 10.2. The topological polar surface area (TPSA) is 106 Å². The van der Waals surface area contributed by atoms with Gasteiger partial charge in [-0.2, -0.15) is 5.10 Å². The van der Waals surface area contributed by atoms with Gasteiger partial charge in [0.15, 0.2) is 12.4 Å². The van der Waals surface area contributed by atoms with Crippen LogP contribution in [0.2, 0.25) is 10.0 Å². The average molecular weight is 497 g/mol. The van der Waals surface area contributed by atoms with Crippen LogP contribution in [0.5, 0.6) is 5.75 Å². The van der Waals surface area contributed by atoms with Crippen molar-refractivity contribution in [2.45, 2.75) is 6.92 Å². The van der Waals surface area contributed by atoms with Gasteiger partial charge in [-0.1, -0.05) is 53.5 Å². The summed E-state index contributed by atoms with van der Waals surface area (Å²) in [7, 11) is 0. The minimum Gasteiger partial charge on any atom is -0.481 e. The Morgan fingerprint density at radius 2 is 1.76 bits per heavy atom. The number of carbonyl (C=O) groups is 1. The Bertz CT molecular complexity index is 1520. The Morgan fingerprint density at radius 3 is 2.50 bits per heavy atom. The molecule has 0 atom stereocenters. The number of aromatic amines is 1. The highest BCUT2D eigenvalue weighted by molar-refractivity contribution is 6.37. The molecule has 1 heterocycles. The summed E-state index contributed by atoms with van der Waals surface area (Å²) in [5, 5.41) is 7.33. The molecule has 0 saturated heterocycles. The zero-order valence-corrected chi connectivity index (χ0v) is 19.4. The van der Waals surface area contributed by atoms with E-state index in [-0.39, 0.29) is 28.3 Å². The fourth-order valence-electron chi connectivity index (χ4n) is 3.21. The molecule has 172 valence electrons. The van der Waals surface area contributed by atoms with Crippen molar-refractivity contribution in [3.05, 3.63) is 103 Å². The summed E-state index contributed by atoms with van der Waals surface area (Å²) in [6.45, 7) is 1.58. The van der Waals surface area contributed by atoms with Crippen molar-refractivity contribution in [3.8, 4) is 5.75 Å². The average Bonchev–Trinajstić information content (AvgIpc) is 2.80. The van der Waals surface area contributed by atoms with Crippen molar-refractivity contribution in [3.63, 3.8) is 0 Å². The summed E-state index contributed by atoms with van der Waals surface area (Å²) in [5.41, 5.74) is 1.19. The smallest absolute Gasteiger partial charge is 0.349 e. The molecule has 4 rings (SSSR count). The monoisotopic (exact) mass is 496 g/mol. The molecule has 0 bridgehead atoms. The molecule has 0 saturated carbocycles. The predicted octanol–water partition coefficient (Wildman–Crippen LogP) is 4.20. The quantitative estimate of drug-likeness (QED) is 0.390. The first-order valence-electron chi connectivity index (χ1n) is 10.1. The number of rotatable bonds is 6. The van der Waals surface area contributed by atoms with Crippen molar-refractivity contribution in [2.75, 3.05) is 11.9 Å². The molecular formula is C24H18Cl2N4O4. The maximum Gasteiger partial charge on any atom is 0.349 e. The number of fused-ring (bicyclic) bond motifs is 1. The number of benzene rings is 3. The molecule has 3 aromatic carbocycles. The van der Waals surface area contributed by atoms with Gasteiger partial charge in [-0.15, -0.1) is 4.68 Å². The molecule has 0 radical (unpaired) electrons. The fourth-order valence-corrected chi connectivity index (χ4v) is 3.82. The van der Waals surface area contributed by atoms with Crippen LogP contribution in [-0.2, 0) is 4.79 Å². The maximum atomic E-state index is 12.6. The molecular weight excluding hydrogens is 479 g/mol. The molecule has 0 unspecified atom stereocenters. The van der Waals surface area contributed by atoms with Gasteiger partial charge < -0.3 is 15.0 Å². The van der Waals surface area contributed by atoms with E-state index in [0.717, 1.165) is 5.56 Å². The Kier molecular flexibility index (Phi) is 6.81. The van der Waals surface area contributed by atoms with Gasteiger partial charge in [0.1, 0.15) is 0 Å². The van der Waals surface area contributed by atoms with Crippen molar-refractivity contribution in [1.82, 2.24) is 9.66 Å². The van der Waals surface area contributed by atoms with Gasteiger partial charge >= 0.3 is 5.69 Å². The zero-order valence-electron chi connectivity index (χ0n) is 17.8. The SMILES string of the molecule is Cc1ccccc1NC(=O)COc1c(Cl)cc(C=Nn2c(=O)[nH]c3ccccc3c2=O)cc1Cl. The molecule has 4 aromatic rings. The molecule has 0 aliphatic rings. The second-order valence-corrected chi connectivity index (χ2v) is 8.12. The summed E-state index contributed by atoms with van der Waals surface area (Å²) < 4.78 is 6.23. The Labute approximate surface area is 203 Å². The molecule has 0 aliphatic carbocycles. The van der Waals surface area contributed by atoms with Crippen LogP contribution >= 0.6 is 23.2 Å². The number of nitrogens with zero attached hydrogens (tertiary/aromatic N) is 2. The fraction of sp³-hybridized carbons (Fsp3) is 0.0833. The number of hydrogen-bond donors (Lipinski definition) is 2. The van der Waals surface area contributed by atoms with Crippen LogP contribution in [0.4, 0.5) is 5.69 Å². The largest absolute Gasteiger partial charge is 0.481 e. The van der Waals surface area contributed by atoms with E-state index in [1.165, 1.54) is 18.3 Å². The number of para-hydroxylation sites is 2. The van der Waals surface area contributed by atoms with Crippen LogP contribution in [0.1, 0.15) is 11.1 Å². The van der Waals surface area contributed by atoms with Gasteiger partial charge in [0.05, 0.1) is 27.2 Å². The Balaban J connectivity index is 1.51. The van der Waals surface area contributed by atoms with E-state index in [0.29, 0.717) is 26.8 Å². The van der Waals surface area contributed by atoms with E-state index in [1.54, 1.807) is 30.3 Å². The lowest BCUT2D eigenvalue weighted by Gasteiger charge is -2.12. The first-order chi connectivity index (χ1) is 16.3. The number of hydrogen-bond acceptors (Lipinski definition) is 5. The Hall–Kier alpha value is -3.88. The molecule has 0 spiro atoms. The lowest BCUT2D eigenvalue weighted by Crippen LogP contribution is -2.32. The summed E-state index contributed by atoms with van der Waals surface area (Å²) in [6.07, 6.45) is 1.28. The van der Waals surface area contributed by atoms with Crippen LogP contribution < -0.4 is 21.3 Å². The highest BCUT2D eigenvalue weighted by atomic mass is 35.5. The molecule has 2 N–H and O–H groups in total. The number of nitrogens with one attached hydrogen (secondary N) is 2. The number of amides is 1. The van der Waals surface area contributed by atoms with Crippen molar-refractivity contribution in [1.29, 1.82) is 0 Å². The van der Waals surface area contributed by atoms with E-state index < -0.39 is 11.2 Å². The Morgan fingerprint density at radius 1 is 1.09 bits per heavy atom. The van der Waals surface area contributed by atoms with Gasteiger partial charge in [0, 0.05) is 5.69 Å². The van der Waals surface area contributed by atoms with E-state index in [2.05, 4.69) is 15.4 Å². The molecule has 1 amide bonds. The highest BCUT2D eigenvalue weighted by Gasteiger charge is 2.13. The van der Waals surface area contributed by atoms with Crippen LogP contribution in [0.3, 0.4) is 0 Å². The number of anilines is 1. The number of aromatic nitrogens is 2. The van der Waals surface area contributed by atoms with Gasteiger partial charge in [0.25, 0.3) is 11.5 Å². The standard InChI is InChI=1S/C24H18Cl2N4O4/c1-14-6-2-4-8-19(14)28-21(31)13-34-22-17(25)10-15(11-18(22)26)12-27-30-23(32)16-7-3-5-9-20(16)29-24(30)33/h2-12H,13H2,1H3,(H,28,31)(H,29,33). The van der Waals surface area contributed by atoms with Crippen LogP contribution in [0.15, 0.2) is 75.4 Å². The molecule has 34 heavy (non-hydrogen) atoms. The number of ether oxygens (including phenoxy) is 1. The second-order valence-electron chi connectivity index (χ2n) is 7.30. The van der Waals surface area contributed by atoms with Crippen molar-refractivity contribution in [2.24, 2.45) is 5.10 Å². The maximum absolute atomic E-state index is 12.6. The molecule has 1 aromatic heterocycles. The summed E-state index contributed by atoms with van der Waals surface area (Å²) in [4.78, 5) is 39.7. The van der Waals surface area contributed by atoms with Crippen LogP contribution in [-0.4, -0.2) is 28.4 Å². The molecule has 10 heteroatoms. The van der Waals surface area contributed by atoms with Gasteiger partial charge in [-0.3, -0.25) is 9.59 Å². The number of halogens is 2. The van der Waals surface area contributed by atoms with E-state index in [1.807, 2.05) is 25.1 Å². The van der Waals surface area contributed by atoms with Crippen LogP contribution in [0, 0.1) is 6.92 Å². The zero-order chi connectivity index (χ0) is 24.2.